The summed E-state index contributed by atoms with van der Waals surface area (Å²) in [7, 11) is 3.32. The van der Waals surface area contributed by atoms with E-state index in [4.69, 9.17) is 14.6 Å². The zero-order valence-corrected chi connectivity index (χ0v) is 9.69. The molecule has 0 fully saturated rings. The van der Waals surface area contributed by atoms with E-state index >= 15 is 0 Å². The molecule has 0 aliphatic heterocycles. The Morgan fingerprint density at radius 3 is 2.33 bits per heavy atom. The molecule has 0 spiro atoms. The van der Waals surface area contributed by atoms with Gasteiger partial charge in [0.05, 0.1) is 19.3 Å². The Hall–Kier alpha value is -0.200. The van der Waals surface area contributed by atoms with Gasteiger partial charge < -0.3 is 19.7 Å². The Morgan fingerprint density at radius 2 is 1.80 bits per heavy atom. The Labute approximate surface area is 91.6 Å². The maximum absolute atomic E-state index is 9.32. The summed E-state index contributed by atoms with van der Waals surface area (Å²) in [5.41, 5.74) is 0. The highest BCUT2D eigenvalue weighted by Crippen LogP contribution is 1.95. The average Bonchev–Trinajstić information content (AvgIpc) is 2.25. The molecule has 15 heavy (non-hydrogen) atoms. The smallest absolute Gasteiger partial charge is 0.0897 e. The van der Waals surface area contributed by atoms with Gasteiger partial charge in [0.25, 0.3) is 0 Å². The summed E-state index contributed by atoms with van der Waals surface area (Å²) in [6.45, 7) is 3.21. The Bertz CT molecular complexity index is 135. The van der Waals surface area contributed by atoms with E-state index in [-0.39, 0.29) is 6.61 Å². The first-order valence-corrected chi connectivity index (χ1v) is 5.23. The van der Waals surface area contributed by atoms with Crippen molar-refractivity contribution in [1.29, 1.82) is 0 Å². The van der Waals surface area contributed by atoms with E-state index in [2.05, 4.69) is 4.90 Å². The predicted molar refractivity (Wildman–Crippen MR) is 57.9 cm³/mol. The fourth-order valence-electron chi connectivity index (χ4n) is 1.30. The van der Waals surface area contributed by atoms with E-state index in [1.54, 1.807) is 14.2 Å². The van der Waals surface area contributed by atoms with Crippen molar-refractivity contribution in [3.63, 3.8) is 0 Å². The van der Waals surface area contributed by atoms with Crippen LogP contribution in [0, 0.1) is 0 Å². The third-order valence-corrected chi connectivity index (χ3v) is 2.11. The van der Waals surface area contributed by atoms with E-state index in [1.165, 1.54) is 0 Å². The summed E-state index contributed by atoms with van der Waals surface area (Å²) in [5, 5.41) is 18.1. The van der Waals surface area contributed by atoms with Gasteiger partial charge in [0.15, 0.2) is 0 Å². The Kier molecular flexibility index (Phi) is 10.2. The van der Waals surface area contributed by atoms with E-state index in [1.807, 2.05) is 0 Å². The lowest BCUT2D eigenvalue weighted by Crippen LogP contribution is -2.37. The molecule has 0 aromatic rings. The molecule has 0 aliphatic carbocycles. The van der Waals surface area contributed by atoms with E-state index in [0.717, 1.165) is 19.5 Å². The van der Waals surface area contributed by atoms with Crippen LogP contribution >= 0.6 is 0 Å². The number of aliphatic hydroxyl groups excluding tert-OH is 2. The van der Waals surface area contributed by atoms with Crippen LogP contribution in [0.1, 0.15) is 6.42 Å². The highest BCUT2D eigenvalue weighted by atomic mass is 16.5. The minimum atomic E-state index is -0.676. The highest BCUT2D eigenvalue weighted by molar-refractivity contribution is 4.63. The molecule has 0 rings (SSSR count). The molecule has 1 atom stereocenters. The van der Waals surface area contributed by atoms with Gasteiger partial charge in [-0.15, -0.1) is 0 Å². The zero-order valence-electron chi connectivity index (χ0n) is 9.69. The molecule has 0 radical (unpaired) electrons. The van der Waals surface area contributed by atoms with E-state index in [0.29, 0.717) is 19.8 Å². The van der Waals surface area contributed by atoms with Crippen LogP contribution in [0.3, 0.4) is 0 Å². The normalized spacial score (nSPS) is 13.4. The number of hydrogen-bond acceptors (Lipinski definition) is 5. The highest BCUT2D eigenvalue weighted by Gasteiger charge is 2.10. The van der Waals surface area contributed by atoms with Crippen molar-refractivity contribution in [2.24, 2.45) is 0 Å². The van der Waals surface area contributed by atoms with Gasteiger partial charge in [-0.3, -0.25) is 4.90 Å². The summed E-state index contributed by atoms with van der Waals surface area (Å²) in [6, 6.07) is 0. The zero-order chi connectivity index (χ0) is 11.5. The van der Waals surface area contributed by atoms with Crippen molar-refractivity contribution < 1.29 is 19.7 Å². The van der Waals surface area contributed by atoms with Crippen LogP contribution in [0.4, 0.5) is 0 Å². The minimum absolute atomic E-state index is 0.201. The van der Waals surface area contributed by atoms with Crippen LogP contribution in [0.2, 0.25) is 0 Å². The molecule has 1 unspecified atom stereocenters. The molecule has 0 amide bonds. The second-order valence-corrected chi connectivity index (χ2v) is 3.48. The lowest BCUT2D eigenvalue weighted by Gasteiger charge is -2.23. The first-order valence-electron chi connectivity index (χ1n) is 5.23. The molecular weight excluding hydrogens is 198 g/mol. The monoisotopic (exact) mass is 221 g/mol. The van der Waals surface area contributed by atoms with Gasteiger partial charge in [0.1, 0.15) is 0 Å². The maximum Gasteiger partial charge on any atom is 0.0897 e. The average molecular weight is 221 g/mol. The molecule has 0 aromatic heterocycles. The molecule has 0 bridgehead atoms. The summed E-state index contributed by atoms with van der Waals surface area (Å²) >= 11 is 0. The van der Waals surface area contributed by atoms with Crippen molar-refractivity contribution in [3.05, 3.63) is 0 Å². The van der Waals surface area contributed by atoms with Crippen molar-refractivity contribution >= 4 is 0 Å². The molecule has 5 nitrogen and oxygen atoms in total. The maximum atomic E-state index is 9.32. The number of rotatable bonds is 10. The molecule has 92 valence electrons. The van der Waals surface area contributed by atoms with Gasteiger partial charge in [0.2, 0.25) is 0 Å². The first-order chi connectivity index (χ1) is 7.24. The molecule has 0 aromatic carbocycles. The van der Waals surface area contributed by atoms with Crippen LogP contribution in [-0.4, -0.2) is 74.9 Å². The summed E-state index contributed by atoms with van der Waals surface area (Å²) in [4.78, 5) is 2.06. The fourth-order valence-corrected chi connectivity index (χ4v) is 1.30. The first kappa shape index (κ1) is 14.8. The number of ether oxygens (including phenoxy) is 2. The van der Waals surface area contributed by atoms with Crippen molar-refractivity contribution in [2.75, 3.05) is 53.7 Å². The number of methoxy groups -OCH3 is 2. The van der Waals surface area contributed by atoms with Crippen molar-refractivity contribution in [2.45, 2.75) is 12.5 Å². The van der Waals surface area contributed by atoms with Crippen LogP contribution < -0.4 is 0 Å². The molecule has 2 N–H and O–H groups in total. The molecule has 0 saturated heterocycles. The second kappa shape index (κ2) is 10.3. The summed E-state index contributed by atoms with van der Waals surface area (Å²) in [6.07, 6.45) is 0.239. The molecule has 5 heteroatoms. The van der Waals surface area contributed by atoms with Crippen molar-refractivity contribution in [1.82, 2.24) is 4.90 Å². The van der Waals surface area contributed by atoms with Crippen LogP contribution in [0.5, 0.6) is 0 Å². The fraction of sp³-hybridized carbons (Fsp3) is 1.00. The lowest BCUT2D eigenvalue weighted by molar-refractivity contribution is 0.0464. The van der Waals surface area contributed by atoms with Crippen LogP contribution in [0.15, 0.2) is 0 Å². The topological polar surface area (TPSA) is 62.2 Å². The molecule has 0 aliphatic rings. The minimum Gasteiger partial charge on any atom is -0.394 e. The third-order valence-electron chi connectivity index (χ3n) is 2.11. The molecular formula is C10H23NO4. The van der Waals surface area contributed by atoms with Crippen LogP contribution in [-0.2, 0) is 9.47 Å². The molecule has 0 saturated carbocycles. The van der Waals surface area contributed by atoms with Gasteiger partial charge in [-0.2, -0.15) is 0 Å². The second-order valence-electron chi connectivity index (χ2n) is 3.48. The summed E-state index contributed by atoms with van der Waals surface area (Å²) < 4.78 is 9.93. The van der Waals surface area contributed by atoms with Gasteiger partial charge >= 0.3 is 0 Å². The predicted octanol–water partition coefficient (Wildman–Crippen LogP) is -0.675. The summed E-state index contributed by atoms with van der Waals surface area (Å²) in [5.74, 6) is 0. The number of aliphatic hydroxyl groups is 2. The van der Waals surface area contributed by atoms with E-state index < -0.39 is 6.10 Å². The van der Waals surface area contributed by atoms with Gasteiger partial charge in [-0.25, -0.2) is 0 Å². The van der Waals surface area contributed by atoms with Crippen molar-refractivity contribution in [3.8, 4) is 0 Å². The Balaban J connectivity index is 3.72. The van der Waals surface area contributed by atoms with Gasteiger partial charge in [-0.1, -0.05) is 0 Å². The van der Waals surface area contributed by atoms with Gasteiger partial charge in [0, 0.05) is 40.5 Å². The quantitative estimate of drug-likeness (QED) is 0.479. The van der Waals surface area contributed by atoms with Gasteiger partial charge in [-0.05, 0) is 6.42 Å². The third kappa shape index (κ3) is 8.77. The van der Waals surface area contributed by atoms with Crippen LogP contribution in [0.25, 0.3) is 0 Å². The SMILES string of the molecule is COCCCN(CCOC)CC(O)CO. The largest absolute Gasteiger partial charge is 0.394 e. The standard InChI is InChI=1S/C10H23NO4/c1-14-6-3-4-11(5-7-15-2)8-10(13)9-12/h10,12-13H,3-9H2,1-2H3. The van der Waals surface area contributed by atoms with E-state index in [9.17, 15) is 5.11 Å². The number of nitrogens with zero attached hydrogens (tertiary/aromatic N) is 1. The lowest BCUT2D eigenvalue weighted by atomic mass is 10.3. The molecule has 0 heterocycles. The Morgan fingerprint density at radius 1 is 1.13 bits per heavy atom. The number of hydrogen-bond donors (Lipinski definition) is 2.